The molecule has 0 saturated heterocycles. The molecular weight excluding hydrogens is 268 g/mol. The van der Waals surface area contributed by atoms with Crippen molar-refractivity contribution in [2.24, 2.45) is 0 Å². The predicted molar refractivity (Wildman–Crippen MR) is 82.2 cm³/mol. The standard InChI is InChI=1S/C16H24N2O3/c1-11(2)13-5-7-14(8-6-13)15(16(20)21)18-10-4-9-17-12(3)19/h5-8,11,15,18H,4,9-10H2,1-3H3,(H,17,19)(H,20,21). The van der Waals surface area contributed by atoms with Crippen molar-refractivity contribution < 1.29 is 14.7 Å². The highest BCUT2D eigenvalue weighted by molar-refractivity contribution is 5.75. The van der Waals surface area contributed by atoms with Gasteiger partial charge in [-0.25, -0.2) is 0 Å². The van der Waals surface area contributed by atoms with Crippen molar-refractivity contribution >= 4 is 11.9 Å². The molecule has 21 heavy (non-hydrogen) atoms. The van der Waals surface area contributed by atoms with E-state index in [-0.39, 0.29) is 5.91 Å². The lowest BCUT2D eigenvalue weighted by atomic mass is 9.99. The zero-order chi connectivity index (χ0) is 15.8. The minimum atomic E-state index is -0.896. The molecule has 1 amide bonds. The van der Waals surface area contributed by atoms with Gasteiger partial charge < -0.3 is 15.7 Å². The van der Waals surface area contributed by atoms with Crippen molar-refractivity contribution in [3.05, 3.63) is 35.4 Å². The third-order valence-electron chi connectivity index (χ3n) is 3.26. The summed E-state index contributed by atoms with van der Waals surface area (Å²) in [6.07, 6.45) is 0.688. The van der Waals surface area contributed by atoms with Gasteiger partial charge in [0.1, 0.15) is 6.04 Å². The van der Waals surface area contributed by atoms with E-state index in [0.717, 1.165) is 5.56 Å². The lowest BCUT2D eigenvalue weighted by Gasteiger charge is -2.16. The summed E-state index contributed by atoms with van der Waals surface area (Å²) in [4.78, 5) is 22.1. The van der Waals surface area contributed by atoms with Crippen LogP contribution in [0.15, 0.2) is 24.3 Å². The van der Waals surface area contributed by atoms with Gasteiger partial charge in [0, 0.05) is 13.5 Å². The molecule has 0 aliphatic rings. The number of nitrogens with one attached hydrogen (secondary N) is 2. The van der Waals surface area contributed by atoms with Crippen LogP contribution in [0.3, 0.4) is 0 Å². The van der Waals surface area contributed by atoms with E-state index < -0.39 is 12.0 Å². The highest BCUT2D eigenvalue weighted by atomic mass is 16.4. The van der Waals surface area contributed by atoms with E-state index in [2.05, 4.69) is 24.5 Å². The molecule has 1 unspecified atom stereocenters. The molecule has 0 radical (unpaired) electrons. The Morgan fingerprint density at radius 1 is 1.10 bits per heavy atom. The highest BCUT2D eigenvalue weighted by Crippen LogP contribution is 2.19. The number of carboxylic acids is 1. The molecule has 1 aromatic rings. The van der Waals surface area contributed by atoms with Crippen LogP contribution in [0.25, 0.3) is 0 Å². The first-order valence-corrected chi connectivity index (χ1v) is 7.22. The summed E-state index contributed by atoms with van der Waals surface area (Å²) < 4.78 is 0. The normalized spacial score (nSPS) is 12.2. The fourth-order valence-corrected chi connectivity index (χ4v) is 2.02. The van der Waals surface area contributed by atoms with Crippen LogP contribution < -0.4 is 10.6 Å². The fraction of sp³-hybridized carbons (Fsp3) is 0.500. The van der Waals surface area contributed by atoms with Gasteiger partial charge in [-0.3, -0.25) is 9.59 Å². The van der Waals surface area contributed by atoms with Crippen LogP contribution in [0.1, 0.15) is 50.3 Å². The average molecular weight is 292 g/mol. The maximum absolute atomic E-state index is 11.4. The molecule has 0 aliphatic heterocycles. The van der Waals surface area contributed by atoms with Crippen molar-refractivity contribution in [2.75, 3.05) is 13.1 Å². The van der Waals surface area contributed by atoms with Crippen LogP contribution >= 0.6 is 0 Å². The Morgan fingerprint density at radius 3 is 2.14 bits per heavy atom. The van der Waals surface area contributed by atoms with Gasteiger partial charge in [-0.05, 0) is 30.0 Å². The number of rotatable bonds is 8. The van der Waals surface area contributed by atoms with Crippen molar-refractivity contribution in [1.82, 2.24) is 10.6 Å². The van der Waals surface area contributed by atoms with Crippen LogP contribution in [-0.4, -0.2) is 30.1 Å². The topological polar surface area (TPSA) is 78.4 Å². The Bertz CT molecular complexity index is 469. The smallest absolute Gasteiger partial charge is 0.325 e. The van der Waals surface area contributed by atoms with E-state index in [9.17, 15) is 14.7 Å². The van der Waals surface area contributed by atoms with Gasteiger partial charge in [0.25, 0.3) is 0 Å². The molecule has 0 spiro atoms. The average Bonchev–Trinajstić information content (AvgIpc) is 2.42. The predicted octanol–water partition coefficient (Wildman–Crippen LogP) is 2.05. The SMILES string of the molecule is CC(=O)NCCCNC(C(=O)O)c1ccc(C(C)C)cc1. The number of amides is 1. The first-order chi connectivity index (χ1) is 9.91. The molecule has 1 rings (SSSR count). The van der Waals surface area contributed by atoms with Gasteiger partial charge in [0.2, 0.25) is 5.91 Å². The maximum atomic E-state index is 11.4. The Hall–Kier alpha value is -1.88. The third kappa shape index (κ3) is 5.95. The third-order valence-corrected chi connectivity index (χ3v) is 3.26. The lowest BCUT2D eigenvalue weighted by Crippen LogP contribution is -2.31. The largest absolute Gasteiger partial charge is 0.480 e. The first-order valence-electron chi connectivity index (χ1n) is 7.22. The summed E-state index contributed by atoms with van der Waals surface area (Å²) in [7, 11) is 0. The molecule has 1 aromatic carbocycles. The van der Waals surface area contributed by atoms with Gasteiger partial charge in [0.15, 0.2) is 0 Å². The first kappa shape index (κ1) is 17.2. The number of carbonyl (C=O) groups excluding carboxylic acids is 1. The highest BCUT2D eigenvalue weighted by Gasteiger charge is 2.18. The van der Waals surface area contributed by atoms with E-state index in [0.29, 0.717) is 25.4 Å². The zero-order valence-corrected chi connectivity index (χ0v) is 12.8. The van der Waals surface area contributed by atoms with E-state index in [1.807, 2.05) is 24.3 Å². The van der Waals surface area contributed by atoms with Crippen molar-refractivity contribution in [1.29, 1.82) is 0 Å². The van der Waals surface area contributed by atoms with Crippen molar-refractivity contribution in [2.45, 2.75) is 39.2 Å². The minimum absolute atomic E-state index is 0.0749. The van der Waals surface area contributed by atoms with E-state index >= 15 is 0 Å². The van der Waals surface area contributed by atoms with Gasteiger partial charge in [-0.1, -0.05) is 38.1 Å². The zero-order valence-electron chi connectivity index (χ0n) is 12.8. The molecule has 5 nitrogen and oxygen atoms in total. The summed E-state index contributed by atoms with van der Waals surface area (Å²) in [6, 6.07) is 6.93. The summed E-state index contributed by atoms with van der Waals surface area (Å²) in [5, 5.41) is 15.0. The molecule has 0 fully saturated rings. The molecule has 116 valence electrons. The Labute approximate surface area is 125 Å². The number of carbonyl (C=O) groups is 2. The quantitative estimate of drug-likeness (QED) is 0.641. The number of hydrogen-bond donors (Lipinski definition) is 3. The molecule has 5 heteroatoms. The van der Waals surface area contributed by atoms with Gasteiger partial charge in [-0.15, -0.1) is 0 Å². The van der Waals surface area contributed by atoms with Crippen molar-refractivity contribution in [3.63, 3.8) is 0 Å². The van der Waals surface area contributed by atoms with E-state index in [1.54, 1.807) is 0 Å². The van der Waals surface area contributed by atoms with Gasteiger partial charge in [0.05, 0.1) is 0 Å². The lowest BCUT2D eigenvalue weighted by molar-refractivity contribution is -0.139. The minimum Gasteiger partial charge on any atom is -0.480 e. The Morgan fingerprint density at radius 2 is 1.67 bits per heavy atom. The molecule has 1 atom stereocenters. The fourth-order valence-electron chi connectivity index (χ4n) is 2.02. The summed E-state index contributed by atoms with van der Waals surface area (Å²) >= 11 is 0. The summed E-state index contributed by atoms with van der Waals surface area (Å²) in [5.41, 5.74) is 1.93. The second-order valence-corrected chi connectivity index (χ2v) is 5.38. The second kappa shape index (κ2) is 8.42. The second-order valence-electron chi connectivity index (χ2n) is 5.38. The molecule has 3 N–H and O–H groups in total. The number of aliphatic carboxylic acids is 1. The summed E-state index contributed by atoms with van der Waals surface area (Å²) in [5.74, 6) is -0.547. The van der Waals surface area contributed by atoms with Crippen LogP contribution in [0.5, 0.6) is 0 Å². The monoisotopic (exact) mass is 292 g/mol. The molecular formula is C16H24N2O3. The van der Waals surface area contributed by atoms with Gasteiger partial charge in [-0.2, -0.15) is 0 Å². The van der Waals surface area contributed by atoms with Gasteiger partial charge >= 0.3 is 5.97 Å². The maximum Gasteiger partial charge on any atom is 0.325 e. The molecule has 0 bridgehead atoms. The van der Waals surface area contributed by atoms with Crippen LogP contribution in [0.4, 0.5) is 0 Å². The number of carboxylic acid groups (broad SMARTS) is 1. The van der Waals surface area contributed by atoms with Crippen LogP contribution in [0, 0.1) is 0 Å². The number of benzene rings is 1. The Kier molecular flexibility index (Phi) is 6.88. The summed E-state index contributed by atoms with van der Waals surface area (Å²) in [6.45, 7) is 6.74. The molecule has 0 heterocycles. The van der Waals surface area contributed by atoms with Crippen LogP contribution in [0.2, 0.25) is 0 Å². The Balaban J connectivity index is 2.56. The van der Waals surface area contributed by atoms with E-state index in [4.69, 9.17) is 0 Å². The van der Waals surface area contributed by atoms with Crippen molar-refractivity contribution in [3.8, 4) is 0 Å². The molecule has 0 aromatic heterocycles. The molecule has 0 saturated carbocycles. The van der Waals surface area contributed by atoms with E-state index in [1.165, 1.54) is 12.5 Å². The van der Waals surface area contributed by atoms with Crippen LogP contribution in [-0.2, 0) is 9.59 Å². The number of hydrogen-bond acceptors (Lipinski definition) is 3. The molecule has 0 aliphatic carbocycles.